The molecule has 0 nitrogen and oxygen atoms in total. The van der Waals surface area contributed by atoms with Crippen LogP contribution in [0.3, 0.4) is 0 Å². The van der Waals surface area contributed by atoms with Crippen LogP contribution in [0.25, 0.3) is 0 Å². The molecule has 2 unspecified atom stereocenters. The van der Waals surface area contributed by atoms with Crippen molar-refractivity contribution >= 4 is 15.9 Å². The normalized spacial score (nSPS) is 32.4. The minimum atomic E-state index is 0.667. The van der Waals surface area contributed by atoms with Crippen molar-refractivity contribution in [2.24, 2.45) is 5.41 Å². The highest BCUT2D eigenvalue weighted by molar-refractivity contribution is 9.09. The second-order valence-corrected chi connectivity index (χ2v) is 6.61. The largest absolute Gasteiger partial charge is 0.0890 e. The van der Waals surface area contributed by atoms with E-state index >= 15 is 0 Å². The van der Waals surface area contributed by atoms with Gasteiger partial charge in [0.25, 0.3) is 0 Å². The van der Waals surface area contributed by atoms with Crippen LogP contribution in [-0.2, 0) is 0 Å². The lowest BCUT2D eigenvalue weighted by Gasteiger charge is -2.23. The number of hydrogen-bond donors (Lipinski definition) is 0. The monoisotopic (exact) mass is 260 g/mol. The maximum absolute atomic E-state index is 3.75. The molecule has 0 bridgehead atoms. The van der Waals surface area contributed by atoms with E-state index in [1.807, 2.05) is 0 Å². The second-order valence-electron chi connectivity index (χ2n) is 5.31. The van der Waals surface area contributed by atoms with Gasteiger partial charge in [0.1, 0.15) is 0 Å². The molecular formula is C13H25Br. The first kappa shape index (κ1) is 12.5. The van der Waals surface area contributed by atoms with E-state index in [1.54, 1.807) is 0 Å². The average molecular weight is 261 g/mol. The lowest BCUT2D eigenvalue weighted by atomic mass is 9.83. The van der Waals surface area contributed by atoms with Crippen molar-refractivity contribution in [3.63, 3.8) is 0 Å². The predicted octanol–water partition coefficient (Wildman–Crippen LogP) is 5.30. The van der Waals surface area contributed by atoms with Gasteiger partial charge in [0.2, 0.25) is 0 Å². The Bertz CT molecular complexity index is 155. The summed E-state index contributed by atoms with van der Waals surface area (Å²) < 4.78 is 0. The Hall–Kier alpha value is 0.480. The van der Waals surface area contributed by atoms with E-state index in [-0.39, 0.29) is 0 Å². The fraction of sp³-hybridized carbons (Fsp3) is 1.00. The Labute approximate surface area is 98.0 Å². The van der Waals surface area contributed by atoms with Crippen LogP contribution in [-0.4, -0.2) is 4.83 Å². The Morgan fingerprint density at radius 3 is 2.50 bits per heavy atom. The van der Waals surface area contributed by atoms with Crippen LogP contribution in [0.5, 0.6) is 0 Å². The van der Waals surface area contributed by atoms with Gasteiger partial charge in [-0.15, -0.1) is 0 Å². The molecule has 1 fully saturated rings. The third-order valence-corrected chi connectivity index (χ3v) is 4.44. The van der Waals surface area contributed by atoms with Crippen LogP contribution < -0.4 is 0 Å². The van der Waals surface area contributed by atoms with E-state index in [0.29, 0.717) is 5.41 Å². The molecule has 14 heavy (non-hydrogen) atoms. The molecule has 0 aromatic carbocycles. The third-order valence-electron chi connectivity index (χ3n) is 3.66. The Kier molecular flexibility index (Phi) is 5.51. The van der Waals surface area contributed by atoms with Crippen LogP contribution in [0.2, 0.25) is 0 Å². The lowest BCUT2D eigenvalue weighted by Crippen LogP contribution is -2.11. The molecule has 0 aliphatic heterocycles. The molecule has 0 heterocycles. The molecule has 0 spiro atoms. The van der Waals surface area contributed by atoms with Crippen LogP contribution in [0.1, 0.15) is 71.6 Å². The maximum atomic E-state index is 3.75. The summed E-state index contributed by atoms with van der Waals surface area (Å²) in [5, 5.41) is 0. The molecule has 0 radical (unpaired) electrons. The van der Waals surface area contributed by atoms with Crippen molar-refractivity contribution in [2.75, 3.05) is 0 Å². The first-order valence-electron chi connectivity index (χ1n) is 6.30. The molecule has 0 N–H and O–H groups in total. The molecule has 0 aromatic rings. The van der Waals surface area contributed by atoms with Crippen molar-refractivity contribution in [3.05, 3.63) is 0 Å². The fourth-order valence-electron chi connectivity index (χ4n) is 2.63. The summed E-state index contributed by atoms with van der Waals surface area (Å²) in [4.78, 5) is 0.808. The number of alkyl halides is 1. The van der Waals surface area contributed by atoms with Crippen LogP contribution in [0.15, 0.2) is 0 Å². The highest BCUT2D eigenvalue weighted by atomic mass is 79.9. The van der Waals surface area contributed by atoms with Gasteiger partial charge in [-0.25, -0.2) is 0 Å². The second kappa shape index (κ2) is 6.15. The van der Waals surface area contributed by atoms with Gasteiger partial charge in [0, 0.05) is 4.83 Å². The lowest BCUT2D eigenvalue weighted by molar-refractivity contribution is 0.295. The van der Waals surface area contributed by atoms with Gasteiger partial charge in [0.15, 0.2) is 0 Å². The van der Waals surface area contributed by atoms with Crippen molar-refractivity contribution in [1.82, 2.24) is 0 Å². The predicted molar refractivity (Wildman–Crippen MR) is 68.0 cm³/mol. The van der Waals surface area contributed by atoms with E-state index in [1.165, 1.54) is 57.8 Å². The van der Waals surface area contributed by atoms with E-state index in [9.17, 15) is 0 Å². The molecular weight excluding hydrogens is 236 g/mol. The van der Waals surface area contributed by atoms with Crippen LogP contribution >= 0.6 is 15.9 Å². The summed E-state index contributed by atoms with van der Waals surface area (Å²) in [6.07, 6.45) is 12.8. The summed E-state index contributed by atoms with van der Waals surface area (Å²) >= 11 is 3.75. The number of hydrogen-bond acceptors (Lipinski definition) is 0. The number of halogens is 1. The van der Waals surface area contributed by atoms with E-state index in [0.717, 1.165) is 4.83 Å². The summed E-state index contributed by atoms with van der Waals surface area (Å²) in [5.41, 5.74) is 0.667. The first-order valence-corrected chi connectivity index (χ1v) is 7.22. The van der Waals surface area contributed by atoms with Crippen LogP contribution in [0, 0.1) is 5.41 Å². The zero-order valence-electron chi connectivity index (χ0n) is 9.82. The van der Waals surface area contributed by atoms with Gasteiger partial charge in [-0.2, -0.15) is 0 Å². The van der Waals surface area contributed by atoms with Crippen LogP contribution in [0.4, 0.5) is 0 Å². The van der Waals surface area contributed by atoms with Gasteiger partial charge in [-0.05, 0) is 31.1 Å². The van der Waals surface area contributed by atoms with E-state index in [4.69, 9.17) is 0 Å². The molecule has 0 saturated heterocycles. The third kappa shape index (κ3) is 4.33. The zero-order chi connectivity index (χ0) is 10.4. The van der Waals surface area contributed by atoms with Crippen molar-refractivity contribution in [1.29, 1.82) is 0 Å². The van der Waals surface area contributed by atoms with Gasteiger partial charge in [-0.3, -0.25) is 0 Å². The molecule has 1 aliphatic rings. The average Bonchev–Trinajstić information content (AvgIpc) is 2.47. The molecule has 0 amide bonds. The smallest absolute Gasteiger partial charge is 0.0151 e. The number of unbranched alkanes of at least 4 members (excludes halogenated alkanes) is 4. The first-order chi connectivity index (χ1) is 6.66. The highest BCUT2D eigenvalue weighted by Gasteiger charge is 2.32. The molecule has 1 heteroatoms. The summed E-state index contributed by atoms with van der Waals surface area (Å²) in [6.45, 7) is 4.77. The molecule has 2 atom stereocenters. The van der Waals surface area contributed by atoms with Crippen molar-refractivity contribution < 1.29 is 0 Å². The Balaban J connectivity index is 2.05. The van der Waals surface area contributed by atoms with Gasteiger partial charge in [0.05, 0.1) is 0 Å². The van der Waals surface area contributed by atoms with Gasteiger partial charge >= 0.3 is 0 Å². The number of rotatable bonds is 6. The van der Waals surface area contributed by atoms with Gasteiger partial charge in [-0.1, -0.05) is 61.9 Å². The molecule has 84 valence electrons. The molecule has 1 aliphatic carbocycles. The quantitative estimate of drug-likeness (QED) is 0.449. The fourth-order valence-corrected chi connectivity index (χ4v) is 3.64. The minimum Gasteiger partial charge on any atom is -0.0890 e. The van der Waals surface area contributed by atoms with E-state index in [2.05, 4.69) is 29.8 Å². The standard InChI is InChI=1S/C13H25Br/c1-3-4-5-6-7-9-13(2)10-8-12(14)11-13/h12H,3-11H2,1-2H3. The summed E-state index contributed by atoms with van der Waals surface area (Å²) in [7, 11) is 0. The topological polar surface area (TPSA) is 0 Å². The molecule has 0 aromatic heterocycles. The van der Waals surface area contributed by atoms with E-state index < -0.39 is 0 Å². The summed E-state index contributed by atoms with van der Waals surface area (Å²) in [5.74, 6) is 0. The zero-order valence-corrected chi connectivity index (χ0v) is 11.4. The van der Waals surface area contributed by atoms with Crippen molar-refractivity contribution in [2.45, 2.75) is 76.5 Å². The molecule has 1 rings (SSSR count). The highest BCUT2D eigenvalue weighted by Crippen LogP contribution is 2.44. The minimum absolute atomic E-state index is 0.667. The van der Waals surface area contributed by atoms with Gasteiger partial charge < -0.3 is 0 Å². The van der Waals surface area contributed by atoms with Crippen molar-refractivity contribution in [3.8, 4) is 0 Å². The Morgan fingerprint density at radius 2 is 1.93 bits per heavy atom. The summed E-state index contributed by atoms with van der Waals surface area (Å²) in [6, 6.07) is 0. The maximum Gasteiger partial charge on any atom is 0.0151 e. The molecule has 1 saturated carbocycles. The Morgan fingerprint density at radius 1 is 1.21 bits per heavy atom. The SMILES string of the molecule is CCCCCCCC1(C)CCC(Br)C1.